The molecule has 0 saturated heterocycles. The van der Waals surface area contributed by atoms with Crippen molar-refractivity contribution in [1.82, 2.24) is 0 Å². The van der Waals surface area contributed by atoms with E-state index in [2.05, 4.69) is 0 Å². The zero-order valence-corrected chi connectivity index (χ0v) is 11.3. The van der Waals surface area contributed by atoms with E-state index in [0.29, 0.717) is 11.3 Å². The molecule has 2 rings (SSSR count). The number of rotatable bonds is 1. The van der Waals surface area contributed by atoms with E-state index in [-0.39, 0.29) is 0 Å². The van der Waals surface area contributed by atoms with Crippen molar-refractivity contribution in [2.24, 2.45) is 0 Å². The molecule has 100 valence electrons. The quantitative estimate of drug-likeness (QED) is 0.820. The van der Waals surface area contributed by atoms with Crippen molar-refractivity contribution in [2.45, 2.75) is 20.8 Å². The van der Waals surface area contributed by atoms with Gasteiger partial charge < -0.3 is 10.2 Å². The molecular formula is C16H18O3. The van der Waals surface area contributed by atoms with Crippen molar-refractivity contribution in [2.75, 3.05) is 0 Å². The number of aromatic carboxylic acids is 1. The molecule has 3 heteroatoms. The first kappa shape index (κ1) is 14.8. The summed E-state index contributed by atoms with van der Waals surface area (Å²) in [5.41, 5.74) is 3.44. The summed E-state index contributed by atoms with van der Waals surface area (Å²) in [6.45, 7) is 5.85. The van der Waals surface area contributed by atoms with Crippen molar-refractivity contribution >= 4 is 5.97 Å². The van der Waals surface area contributed by atoms with Crippen molar-refractivity contribution in [1.29, 1.82) is 0 Å². The fourth-order valence-electron chi connectivity index (χ4n) is 1.75. The average Bonchev–Trinajstić information content (AvgIpc) is 2.37. The molecule has 0 aliphatic heterocycles. The molecule has 0 amide bonds. The third-order valence-electron chi connectivity index (χ3n) is 2.66. The number of aryl methyl sites for hydroxylation is 3. The molecule has 0 bridgehead atoms. The molecule has 0 radical (unpaired) electrons. The SMILES string of the molecule is Cc1cc(C)c(O)c(C)c1.O=C(O)c1ccccc1. The van der Waals surface area contributed by atoms with Crippen molar-refractivity contribution in [3.63, 3.8) is 0 Å². The number of aromatic hydroxyl groups is 1. The van der Waals surface area contributed by atoms with E-state index in [0.717, 1.165) is 11.1 Å². The standard InChI is InChI=1S/C9H12O.C7H6O2/c1-6-4-7(2)9(10)8(3)5-6;8-7(9)6-4-2-1-3-5-6/h4-5,10H,1-3H3;1-5H,(H,8,9). The molecule has 0 aromatic heterocycles. The summed E-state index contributed by atoms with van der Waals surface area (Å²) in [4.78, 5) is 10.2. The summed E-state index contributed by atoms with van der Waals surface area (Å²) in [6.07, 6.45) is 0. The second-order valence-electron chi connectivity index (χ2n) is 4.42. The van der Waals surface area contributed by atoms with Gasteiger partial charge >= 0.3 is 5.97 Å². The first-order valence-corrected chi connectivity index (χ1v) is 5.97. The van der Waals surface area contributed by atoms with Crippen LogP contribution in [0, 0.1) is 20.8 Å². The number of carbonyl (C=O) groups is 1. The van der Waals surface area contributed by atoms with Crippen molar-refractivity contribution in [3.05, 3.63) is 64.7 Å². The number of hydrogen-bond acceptors (Lipinski definition) is 2. The van der Waals surface area contributed by atoms with Crippen LogP contribution in [0.1, 0.15) is 27.0 Å². The largest absolute Gasteiger partial charge is 0.507 e. The maximum Gasteiger partial charge on any atom is 0.335 e. The van der Waals surface area contributed by atoms with Crippen LogP contribution in [0.2, 0.25) is 0 Å². The highest BCUT2D eigenvalue weighted by Crippen LogP contribution is 2.21. The van der Waals surface area contributed by atoms with Gasteiger partial charge in [-0.2, -0.15) is 0 Å². The highest BCUT2D eigenvalue weighted by atomic mass is 16.4. The van der Waals surface area contributed by atoms with Crippen LogP contribution in [0.25, 0.3) is 0 Å². The van der Waals surface area contributed by atoms with Gasteiger partial charge in [-0.3, -0.25) is 0 Å². The van der Waals surface area contributed by atoms with Gasteiger partial charge in [-0.05, 0) is 44.0 Å². The highest BCUT2D eigenvalue weighted by Gasteiger charge is 1.99. The minimum atomic E-state index is -0.879. The van der Waals surface area contributed by atoms with Gasteiger partial charge in [0, 0.05) is 0 Å². The van der Waals surface area contributed by atoms with Gasteiger partial charge in [-0.25, -0.2) is 4.79 Å². The van der Waals surface area contributed by atoms with E-state index in [1.54, 1.807) is 30.3 Å². The Balaban J connectivity index is 0.000000191. The Morgan fingerprint density at radius 2 is 1.42 bits per heavy atom. The number of carboxylic acids is 1. The Morgan fingerprint density at radius 3 is 1.79 bits per heavy atom. The van der Waals surface area contributed by atoms with Gasteiger partial charge in [-0.15, -0.1) is 0 Å². The Labute approximate surface area is 113 Å². The molecule has 2 aromatic carbocycles. The highest BCUT2D eigenvalue weighted by molar-refractivity contribution is 5.87. The average molecular weight is 258 g/mol. The molecular weight excluding hydrogens is 240 g/mol. The lowest BCUT2D eigenvalue weighted by atomic mass is 10.1. The molecule has 19 heavy (non-hydrogen) atoms. The molecule has 3 nitrogen and oxygen atoms in total. The Kier molecular flexibility index (Phi) is 5.12. The third-order valence-corrected chi connectivity index (χ3v) is 2.66. The minimum absolute atomic E-state index is 0.331. The fourth-order valence-corrected chi connectivity index (χ4v) is 1.75. The molecule has 0 fully saturated rings. The van der Waals surface area contributed by atoms with E-state index in [1.165, 1.54) is 5.56 Å². The van der Waals surface area contributed by atoms with Crippen LogP contribution in [-0.2, 0) is 0 Å². The molecule has 0 atom stereocenters. The zero-order chi connectivity index (χ0) is 14.4. The molecule has 2 aromatic rings. The van der Waals surface area contributed by atoms with Crippen LogP contribution in [-0.4, -0.2) is 16.2 Å². The molecule has 0 saturated carbocycles. The fraction of sp³-hybridized carbons (Fsp3) is 0.188. The Morgan fingerprint density at radius 1 is 0.947 bits per heavy atom. The normalized spacial score (nSPS) is 9.42. The van der Waals surface area contributed by atoms with E-state index in [9.17, 15) is 9.90 Å². The van der Waals surface area contributed by atoms with E-state index >= 15 is 0 Å². The monoisotopic (exact) mass is 258 g/mol. The second kappa shape index (κ2) is 6.59. The molecule has 2 N–H and O–H groups in total. The number of hydrogen-bond donors (Lipinski definition) is 2. The topological polar surface area (TPSA) is 57.5 Å². The summed E-state index contributed by atoms with van der Waals surface area (Å²) in [5, 5.41) is 17.7. The summed E-state index contributed by atoms with van der Waals surface area (Å²) in [6, 6.07) is 12.2. The molecule has 0 heterocycles. The maximum atomic E-state index is 10.2. The van der Waals surface area contributed by atoms with E-state index in [1.807, 2.05) is 32.9 Å². The lowest BCUT2D eigenvalue weighted by molar-refractivity contribution is 0.0697. The van der Waals surface area contributed by atoms with Gasteiger partial charge in [-0.1, -0.05) is 35.9 Å². The number of benzene rings is 2. The molecule has 0 spiro atoms. The maximum absolute atomic E-state index is 10.2. The van der Waals surface area contributed by atoms with Gasteiger partial charge in [0.1, 0.15) is 5.75 Å². The minimum Gasteiger partial charge on any atom is -0.507 e. The van der Waals surface area contributed by atoms with Crippen LogP contribution in [0.15, 0.2) is 42.5 Å². The van der Waals surface area contributed by atoms with Gasteiger partial charge in [0.15, 0.2) is 0 Å². The van der Waals surface area contributed by atoms with Crippen LogP contribution < -0.4 is 0 Å². The van der Waals surface area contributed by atoms with Gasteiger partial charge in [0.2, 0.25) is 0 Å². The molecule has 0 aliphatic rings. The predicted molar refractivity (Wildman–Crippen MR) is 75.7 cm³/mol. The predicted octanol–water partition coefficient (Wildman–Crippen LogP) is 3.70. The van der Waals surface area contributed by atoms with Crippen molar-refractivity contribution in [3.8, 4) is 5.75 Å². The van der Waals surface area contributed by atoms with Crippen LogP contribution >= 0.6 is 0 Å². The van der Waals surface area contributed by atoms with Gasteiger partial charge in [0.25, 0.3) is 0 Å². The van der Waals surface area contributed by atoms with Crippen molar-refractivity contribution < 1.29 is 15.0 Å². The Hall–Kier alpha value is -2.29. The lowest BCUT2D eigenvalue weighted by Crippen LogP contribution is -1.93. The molecule has 0 aliphatic carbocycles. The lowest BCUT2D eigenvalue weighted by Gasteiger charge is -2.03. The van der Waals surface area contributed by atoms with Crippen LogP contribution in [0.4, 0.5) is 0 Å². The summed E-state index contributed by atoms with van der Waals surface area (Å²) < 4.78 is 0. The first-order valence-electron chi connectivity index (χ1n) is 5.97. The molecule has 0 unspecified atom stereocenters. The zero-order valence-electron chi connectivity index (χ0n) is 11.3. The van der Waals surface area contributed by atoms with E-state index in [4.69, 9.17) is 5.11 Å². The summed E-state index contributed by atoms with van der Waals surface area (Å²) in [5.74, 6) is -0.457. The summed E-state index contributed by atoms with van der Waals surface area (Å²) in [7, 11) is 0. The van der Waals surface area contributed by atoms with Crippen LogP contribution in [0.5, 0.6) is 5.75 Å². The van der Waals surface area contributed by atoms with Crippen LogP contribution in [0.3, 0.4) is 0 Å². The number of phenolic OH excluding ortho intramolecular Hbond substituents is 1. The van der Waals surface area contributed by atoms with E-state index < -0.39 is 5.97 Å². The first-order chi connectivity index (χ1) is 8.91. The Bertz CT molecular complexity index is 536. The van der Waals surface area contributed by atoms with Gasteiger partial charge in [0.05, 0.1) is 5.56 Å². The second-order valence-corrected chi connectivity index (χ2v) is 4.42. The third kappa shape index (κ3) is 4.47. The number of phenols is 1. The number of carboxylic acid groups (broad SMARTS) is 1. The summed E-state index contributed by atoms with van der Waals surface area (Å²) >= 11 is 0. The smallest absolute Gasteiger partial charge is 0.335 e.